The molecule has 0 unspecified atom stereocenters. The molecule has 1 fully saturated rings. The molecule has 32 heavy (non-hydrogen) atoms. The smallest absolute Gasteiger partial charge is 0.309 e. The van der Waals surface area contributed by atoms with E-state index in [9.17, 15) is 14.4 Å². The Morgan fingerprint density at radius 1 is 1.12 bits per heavy atom. The van der Waals surface area contributed by atoms with Crippen molar-refractivity contribution >= 4 is 29.1 Å². The molecule has 1 saturated heterocycles. The number of thiazole rings is 1. The lowest BCUT2D eigenvalue weighted by molar-refractivity contribution is -0.151. The summed E-state index contributed by atoms with van der Waals surface area (Å²) < 4.78 is 10.5. The molecular weight excluding hydrogens is 430 g/mol. The van der Waals surface area contributed by atoms with E-state index in [0.29, 0.717) is 44.8 Å². The van der Waals surface area contributed by atoms with E-state index < -0.39 is 0 Å². The highest BCUT2D eigenvalue weighted by atomic mass is 32.1. The van der Waals surface area contributed by atoms with E-state index in [0.717, 1.165) is 16.3 Å². The zero-order valence-electron chi connectivity index (χ0n) is 18.7. The minimum absolute atomic E-state index is 0.0289. The van der Waals surface area contributed by atoms with Gasteiger partial charge < -0.3 is 19.3 Å². The van der Waals surface area contributed by atoms with E-state index in [1.54, 1.807) is 24.3 Å². The maximum Gasteiger partial charge on any atom is 0.309 e. The van der Waals surface area contributed by atoms with Gasteiger partial charge in [0, 0.05) is 31.1 Å². The van der Waals surface area contributed by atoms with Gasteiger partial charge in [-0.1, -0.05) is 0 Å². The first-order chi connectivity index (χ1) is 15.4. The molecule has 0 saturated carbocycles. The number of benzene rings is 1. The second-order valence-corrected chi connectivity index (χ2v) is 8.42. The van der Waals surface area contributed by atoms with Gasteiger partial charge in [-0.3, -0.25) is 14.4 Å². The second-order valence-electron chi connectivity index (χ2n) is 7.56. The molecular formula is C23H29N3O5S. The van der Waals surface area contributed by atoms with E-state index in [-0.39, 0.29) is 30.2 Å². The first-order valence-corrected chi connectivity index (χ1v) is 11.7. The number of aromatic nitrogens is 1. The Kier molecular flexibility index (Phi) is 8.21. The highest BCUT2D eigenvalue weighted by Gasteiger charge is 2.29. The number of carbonyl (C=O) groups is 3. The van der Waals surface area contributed by atoms with E-state index >= 15 is 0 Å². The molecule has 0 bridgehead atoms. The number of nitrogens with zero attached hydrogens (tertiary/aromatic N) is 3. The van der Waals surface area contributed by atoms with Crippen molar-refractivity contribution in [3.63, 3.8) is 0 Å². The average molecular weight is 460 g/mol. The molecule has 0 atom stereocenters. The van der Waals surface area contributed by atoms with Gasteiger partial charge in [0.2, 0.25) is 5.91 Å². The number of amides is 2. The largest absolute Gasteiger partial charge is 0.494 e. The third-order valence-electron chi connectivity index (χ3n) is 5.32. The molecule has 0 spiro atoms. The minimum Gasteiger partial charge on any atom is -0.494 e. The summed E-state index contributed by atoms with van der Waals surface area (Å²) >= 11 is 1.38. The first-order valence-electron chi connectivity index (χ1n) is 10.8. The van der Waals surface area contributed by atoms with Crippen molar-refractivity contribution < 1.29 is 23.9 Å². The van der Waals surface area contributed by atoms with Gasteiger partial charge in [0.05, 0.1) is 25.7 Å². The Labute approximate surface area is 192 Å². The molecule has 172 valence electrons. The number of esters is 1. The Morgan fingerprint density at radius 2 is 1.81 bits per heavy atom. The van der Waals surface area contributed by atoms with Crippen LogP contribution >= 0.6 is 11.3 Å². The maximum absolute atomic E-state index is 12.8. The normalized spacial score (nSPS) is 14.2. The molecule has 2 heterocycles. The highest BCUT2D eigenvalue weighted by molar-refractivity contribution is 7.13. The fourth-order valence-corrected chi connectivity index (χ4v) is 4.36. The molecule has 9 heteroatoms. The molecule has 1 aromatic carbocycles. The number of ether oxygens (including phenoxy) is 2. The molecule has 0 N–H and O–H groups in total. The van der Waals surface area contributed by atoms with Gasteiger partial charge in [-0.15, -0.1) is 11.3 Å². The first kappa shape index (κ1) is 23.7. The standard InChI is InChI=1S/C23H29N3O5S/c1-4-30-18-8-6-16(7-9-18)21-24-19(15-32-21)22(28)25(3)14-20(27)26-12-10-17(11-13-26)23(29)31-5-2/h6-9,15,17H,4-5,10-14H2,1-3H3. The Bertz CT molecular complexity index is 935. The Hall–Kier alpha value is -2.94. The third-order valence-corrected chi connectivity index (χ3v) is 6.21. The fraction of sp³-hybridized carbons (Fsp3) is 0.478. The summed E-state index contributed by atoms with van der Waals surface area (Å²) in [6.07, 6.45) is 1.17. The molecule has 0 radical (unpaired) electrons. The van der Waals surface area contributed by atoms with Crippen LogP contribution in [0.15, 0.2) is 29.6 Å². The van der Waals surface area contributed by atoms with Crippen molar-refractivity contribution in [1.82, 2.24) is 14.8 Å². The average Bonchev–Trinajstić information content (AvgIpc) is 3.29. The molecule has 2 aromatic rings. The number of hydrogen-bond donors (Lipinski definition) is 0. The van der Waals surface area contributed by atoms with Crippen LogP contribution in [0, 0.1) is 5.92 Å². The summed E-state index contributed by atoms with van der Waals surface area (Å²) in [6, 6.07) is 7.56. The summed E-state index contributed by atoms with van der Waals surface area (Å²) in [4.78, 5) is 44.8. The van der Waals surface area contributed by atoms with Crippen LogP contribution in [0.3, 0.4) is 0 Å². The molecule has 1 aromatic heterocycles. The van der Waals surface area contributed by atoms with Crippen LogP contribution in [-0.4, -0.2) is 72.5 Å². The predicted octanol–water partition coefficient (Wildman–Crippen LogP) is 3.08. The van der Waals surface area contributed by atoms with E-state index in [2.05, 4.69) is 4.98 Å². The summed E-state index contributed by atoms with van der Waals surface area (Å²) in [5.41, 5.74) is 1.22. The minimum atomic E-state index is -0.298. The van der Waals surface area contributed by atoms with Gasteiger partial charge in [0.25, 0.3) is 5.91 Å². The fourth-order valence-electron chi connectivity index (χ4n) is 3.56. The van der Waals surface area contributed by atoms with Crippen LogP contribution in [0.1, 0.15) is 37.2 Å². The molecule has 1 aliphatic heterocycles. The monoisotopic (exact) mass is 459 g/mol. The van der Waals surface area contributed by atoms with Gasteiger partial charge in [0.1, 0.15) is 16.5 Å². The number of likely N-dealkylation sites (N-methyl/N-ethyl adjacent to an activating group) is 1. The van der Waals surface area contributed by atoms with Crippen molar-refractivity contribution in [3.8, 4) is 16.3 Å². The van der Waals surface area contributed by atoms with E-state index in [1.807, 2.05) is 31.2 Å². The summed E-state index contributed by atoms with van der Waals surface area (Å²) in [7, 11) is 1.60. The zero-order valence-corrected chi connectivity index (χ0v) is 19.5. The van der Waals surface area contributed by atoms with E-state index in [1.165, 1.54) is 16.2 Å². The second kappa shape index (κ2) is 11.1. The Morgan fingerprint density at radius 3 is 2.44 bits per heavy atom. The number of hydrogen-bond acceptors (Lipinski definition) is 7. The lowest BCUT2D eigenvalue weighted by atomic mass is 9.97. The van der Waals surface area contributed by atoms with Crippen LogP contribution < -0.4 is 4.74 Å². The SMILES string of the molecule is CCOC(=O)C1CCN(C(=O)CN(C)C(=O)c2csc(-c3ccc(OCC)cc3)n2)CC1. The van der Waals surface area contributed by atoms with Crippen molar-refractivity contribution in [1.29, 1.82) is 0 Å². The zero-order chi connectivity index (χ0) is 23.1. The van der Waals surface area contributed by atoms with Gasteiger partial charge in [-0.05, 0) is 51.0 Å². The number of rotatable bonds is 8. The quantitative estimate of drug-likeness (QED) is 0.564. The lowest BCUT2D eigenvalue weighted by Gasteiger charge is -2.32. The van der Waals surface area contributed by atoms with Crippen molar-refractivity contribution in [2.24, 2.45) is 5.92 Å². The summed E-state index contributed by atoms with van der Waals surface area (Å²) in [5.74, 6) is 0.000104. The van der Waals surface area contributed by atoms with Crippen molar-refractivity contribution in [2.75, 3.05) is 39.9 Å². The molecule has 0 aliphatic carbocycles. The van der Waals surface area contributed by atoms with Crippen molar-refractivity contribution in [3.05, 3.63) is 35.3 Å². The lowest BCUT2D eigenvalue weighted by Crippen LogP contribution is -2.45. The van der Waals surface area contributed by atoms with Crippen LogP contribution in [0.5, 0.6) is 5.75 Å². The van der Waals surface area contributed by atoms with Crippen molar-refractivity contribution in [2.45, 2.75) is 26.7 Å². The summed E-state index contributed by atoms with van der Waals surface area (Å²) in [6.45, 7) is 5.63. The number of carbonyl (C=O) groups excluding carboxylic acids is 3. The third kappa shape index (κ3) is 5.85. The maximum atomic E-state index is 12.8. The topological polar surface area (TPSA) is 89.0 Å². The van der Waals surface area contributed by atoms with Crippen LogP contribution in [-0.2, 0) is 14.3 Å². The van der Waals surface area contributed by atoms with Crippen LogP contribution in [0.25, 0.3) is 10.6 Å². The van der Waals surface area contributed by atoms with Gasteiger partial charge >= 0.3 is 5.97 Å². The molecule has 8 nitrogen and oxygen atoms in total. The molecule has 3 rings (SSSR count). The van der Waals surface area contributed by atoms with E-state index in [4.69, 9.17) is 9.47 Å². The van der Waals surface area contributed by atoms with Crippen LogP contribution in [0.2, 0.25) is 0 Å². The molecule has 1 aliphatic rings. The predicted molar refractivity (Wildman–Crippen MR) is 122 cm³/mol. The van der Waals surface area contributed by atoms with Gasteiger partial charge in [-0.2, -0.15) is 0 Å². The highest BCUT2D eigenvalue weighted by Crippen LogP contribution is 2.26. The number of piperidine rings is 1. The van der Waals surface area contributed by atoms with Gasteiger partial charge in [-0.25, -0.2) is 4.98 Å². The van der Waals surface area contributed by atoms with Crippen LogP contribution in [0.4, 0.5) is 0 Å². The Balaban J connectivity index is 1.53. The molecule has 2 amide bonds. The number of likely N-dealkylation sites (tertiary alicyclic amines) is 1. The van der Waals surface area contributed by atoms with Gasteiger partial charge in [0.15, 0.2) is 0 Å². The summed E-state index contributed by atoms with van der Waals surface area (Å²) in [5, 5.41) is 2.44.